The van der Waals surface area contributed by atoms with Gasteiger partial charge in [0.05, 0.1) is 17.1 Å². The maximum absolute atomic E-state index is 14.1. The minimum atomic E-state index is -3.23. The Morgan fingerprint density at radius 3 is 2.43 bits per heavy atom. The van der Waals surface area contributed by atoms with Gasteiger partial charge in [0.15, 0.2) is 0 Å². The Labute approximate surface area is 125 Å². The van der Waals surface area contributed by atoms with Crippen molar-refractivity contribution in [2.75, 3.05) is 54.7 Å². The molecule has 7 heteroatoms. The summed E-state index contributed by atoms with van der Waals surface area (Å²) in [6, 6.07) is 4.60. The van der Waals surface area contributed by atoms with Gasteiger partial charge in [0.2, 0.25) is 10.0 Å². The summed E-state index contributed by atoms with van der Waals surface area (Å²) in [6.45, 7) is 3.75. The van der Waals surface area contributed by atoms with Crippen LogP contribution >= 0.6 is 0 Å². The van der Waals surface area contributed by atoms with Crippen LogP contribution in [0.2, 0.25) is 0 Å². The fourth-order valence-corrected chi connectivity index (χ4v) is 4.43. The molecule has 2 fully saturated rings. The van der Waals surface area contributed by atoms with Crippen LogP contribution in [0.4, 0.5) is 15.8 Å². The van der Waals surface area contributed by atoms with Crippen LogP contribution in [-0.4, -0.2) is 58.8 Å². The zero-order valence-electron chi connectivity index (χ0n) is 12.1. The van der Waals surface area contributed by atoms with Crippen molar-refractivity contribution in [2.24, 2.45) is 0 Å². The molecule has 21 heavy (non-hydrogen) atoms. The molecule has 1 aromatic rings. The number of halogens is 1. The van der Waals surface area contributed by atoms with Crippen molar-refractivity contribution in [2.45, 2.75) is 6.42 Å². The van der Waals surface area contributed by atoms with Crippen molar-refractivity contribution in [3.8, 4) is 0 Å². The summed E-state index contributed by atoms with van der Waals surface area (Å²) in [7, 11) is -1.18. The smallest absolute Gasteiger partial charge is 0.235 e. The van der Waals surface area contributed by atoms with Crippen molar-refractivity contribution >= 4 is 21.4 Å². The molecule has 0 spiro atoms. The van der Waals surface area contributed by atoms with E-state index in [1.54, 1.807) is 12.1 Å². The standard InChI is InChI=1S/C14H20FN3O2S/c1-16-6-8-17(9-7-16)14-11-12(3-4-13(14)15)18-5-2-10-21(18,19)20/h3-4,11H,2,5-10H2,1H3. The molecule has 2 saturated heterocycles. The van der Waals surface area contributed by atoms with Crippen LogP contribution < -0.4 is 9.21 Å². The first-order valence-corrected chi connectivity index (χ1v) is 8.82. The van der Waals surface area contributed by atoms with Gasteiger partial charge in [-0.1, -0.05) is 0 Å². The van der Waals surface area contributed by atoms with Crippen molar-refractivity contribution in [3.63, 3.8) is 0 Å². The average Bonchev–Trinajstić information content (AvgIpc) is 2.80. The fourth-order valence-electron chi connectivity index (χ4n) is 2.88. The first-order valence-electron chi connectivity index (χ1n) is 7.21. The Morgan fingerprint density at radius 1 is 1.10 bits per heavy atom. The van der Waals surface area contributed by atoms with Gasteiger partial charge < -0.3 is 9.80 Å². The van der Waals surface area contributed by atoms with Crippen LogP contribution in [0.3, 0.4) is 0 Å². The number of anilines is 2. The van der Waals surface area contributed by atoms with Crippen LogP contribution in [-0.2, 0) is 10.0 Å². The normalized spacial score (nSPS) is 22.8. The zero-order valence-corrected chi connectivity index (χ0v) is 12.9. The van der Waals surface area contributed by atoms with Crippen LogP contribution in [0, 0.1) is 5.82 Å². The number of rotatable bonds is 2. The second-order valence-electron chi connectivity index (χ2n) is 5.67. The molecule has 0 aromatic heterocycles. The Hall–Kier alpha value is -1.34. The number of hydrogen-bond acceptors (Lipinski definition) is 4. The lowest BCUT2D eigenvalue weighted by Crippen LogP contribution is -2.44. The number of nitrogens with zero attached hydrogens (tertiary/aromatic N) is 3. The van der Waals surface area contributed by atoms with Crippen LogP contribution in [0.1, 0.15) is 6.42 Å². The van der Waals surface area contributed by atoms with Crippen molar-refractivity contribution in [3.05, 3.63) is 24.0 Å². The van der Waals surface area contributed by atoms with E-state index >= 15 is 0 Å². The molecule has 116 valence electrons. The van der Waals surface area contributed by atoms with E-state index in [0.29, 0.717) is 24.3 Å². The monoisotopic (exact) mass is 313 g/mol. The second-order valence-corrected chi connectivity index (χ2v) is 7.68. The highest BCUT2D eigenvalue weighted by atomic mass is 32.2. The third kappa shape index (κ3) is 2.85. The summed E-state index contributed by atoms with van der Waals surface area (Å²) >= 11 is 0. The molecule has 0 unspecified atom stereocenters. The number of hydrogen-bond donors (Lipinski definition) is 0. The van der Waals surface area contributed by atoms with Gasteiger partial charge in [-0.25, -0.2) is 12.8 Å². The molecular formula is C14H20FN3O2S. The van der Waals surface area contributed by atoms with Gasteiger partial charge in [0, 0.05) is 32.7 Å². The number of sulfonamides is 1. The first kappa shape index (κ1) is 14.6. The summed E-state index contributed by atoms with van der Waals surface area (Å²) in [5.41, 5.74) is 1.07. The number of piperazine rings is 1. The molecule has 2 aliphatic rings. The van der Waals surface area contributed by atoms with E-state index in [1.165, 1.54) is 10.4 Å². The average molecular weight is 313 g/mol. The molecule has 0 aliphatic carbocycles. The molecule has 0 radical (unpaired) electrons. The molecule has 0 atom stereocenters. The summed E-state index contributed by atoms with van der Waals surface area (Å²) in [5.74, 6) is -0.117. The quantitative estimate of drug-likeness (QED) is 0.821. The maximum Gasteiger partial charge on any atom is 0.235 e. The lowest BCUT2D eigenvalue weighted by molar-refractivity contribution is 0.311. The largest absolute Gasteiger partial charge is 0.367 e. The van der Waals surface area contributed by atoms with Gasteiger partial charge in [0.25, 0.3) is 0 Å². The lowest BCUT2D eigenvalue weighted by Gasteiger charge is -2.34. The van der Waals surface area contributed by atoms with Crippen molar-refractivity contribution in [1.29, 1.82) is 0 Å². The topological polar surface area (TPSA) is 43.9 Å². The van der Waals surface area contributed by atoms with Crippen molar-refractivity contribution < 1.29 is 12.8 Å². The van der Waals surface area contributed by atoms with Crippen LogP contribution in [0.25, 0.3) is 0 Å². The van der Waals surface area contributed by atoms with E-state index in [9.17, 15) is 12.8 Å². The molecule has 0 bridgehead atoms. The van der Waals surface area contributed by atoms with E-state index in [-0.39, 0.29) is 11.6 Å². The third-order valence-electron chi connectivity index (χ3n) is 4.16. The highest BCUT2D eigenvalue weighted by Gasteiger charge is 2.29. The Morgan fingerprint density at radius 2 is 1.81 bits per heavy atom. The summed E-state index contributed by atoms with van der Waals surface area (Å²) in [4.78, 5) is 4.19. The van der Waals surface area contributed by atoms with E-state index in [2.05, 4.69) is 4.90 Å². The van der Waals surface area contributed by atoms with E-state index in [0.717, 1.165) is 26.2 Å². The molecule has 2 heterocycles. The molecule has 0 saturated carbocycles. The summed E-state index contributed by atoms with van der Waals surface area (Å²) < 4.78 is 39.5. The molecular weight excluding hydrogens is 293 g/mol. The highest BCUT2D eigenvalue weighted by molar-refractivity contribution is 7.93. The predicted molar refractivity (Wildman–Crippen MR) is 81.9 cm³/mol. The van der Waals surface area contributed by atoms with Crippen LogP contribution in [0.5, 0.6) is 0 Å². The maximum atomic E-state index is 14.1. The van der Waals surface area contributed by atoms with Gasteiger partial charge >= 0.3 is 0 Å². The SMILES string of the molecule is CN1CCN(c2cc(N3CCCS3(=O)=O)ccc2F)CC1. The fraction of sp³-hybridized carbons (Fsp3) is 0.571. The van der Waals surface area contributed by atoms with Gasteiger partial charge in [0.1, 0.15) is 5.82 Å². The Kier molecular flexibility index (Phi) is 3.79. The number of likely N-dealkylation sites (N-methyl/N-ethyl adjacent to an activating group) is 1. The highest BCUT2D eigenvalue weighted by Crippen LogP contribution is 2.30. The lowest BCUT2D eigenvalue weighted by atomic mass is 10.2. The molecule has 5 nitrogen and oxygen atoms in total. The predicted octanol–water partition coefficient (Wildman–Crippen LogP) is 1.12. The van der Waals surface area contributed by atoms with Gasteiger partial charge in [-0.2, -0.15) is 0 Å². The first-order chi connectivity index (χ1) is 9.97. The Balaban J connectivity index is 1.90. The third-order valence-corrected chi connectivity index (χ3v) is 6.03. The molecule has 1 aromatic carbocycles. The van der Waals surface area contributed by atoms with Crippen molar-refractivity contribution in [1.82, 2.24) is 4.90 Å². The van der Waals surface area contributed by atoms with E-state index in [1.807, 2.05) is 11.9 Å². The van der Waals surface area contributed by atoms with Gasteiger partial charge in [-0.3, -0.25) is 4.31 Å². The number of benzene rings is 1. The summed E-state index contributed by atoms with van der Waals surface area (Å²) in [5, 5.41) is 0. The molecule has 3 rings (SSSR count). The zero-order chi connectivity index (χ0) is 15.0. The minimum absolute atomic E-state index is 0.175. The van der Waals surface area contributed by atoms with E-state index in [4.69, 9.17) is 0 Å². The minimum Gasteiger partial charge on any atom is -0.367 e. The molecule has 2 aliphatic heterocycles. The van der Waals surface area contributed by atoms with Crippen LogP contribution in [0.15, 0.2) is 18.2 Å². The van der Waals surface area contributed by atoms with E-state index < -0.39 is 10.0 Å². The van der Waals surface area contributed by atoms with Gasteiger partial charge in [-0.15, -0.1) is 0 Å². The second kappa shape index (κ2) is 5.46. The van der Waals surface area contributed by atoms with Gasteiger partial charge in [-0.05, 0) is 31.7 Å². The summed E-state index contributed by atoms with van der Waals surface area (Å²) in [6.07, 6.45) is 0.629. The molecule has 0 N–H and O–H groups in total. The Bertz CT molecular complexity index is 627. The molecule has 0 amide bonds.